The number of nitrogens with zero attached hydrogens (tertiary/aromatic N) is 3. The van der Waals surface area contributed by atoms with Crippen LogP contribution in [0.25, 0.3) is 16.7 Å². The van der Waals surface area contributed by atoms with Crippen LogP contribution in [0.4, 0.5) is 10.1 Å². The molecule has 0 fully saturated rings. The molecule has 2 heterocycles. The van der Waals surface area contributed by atoms with E-state index in [4.69, 9.17) is 0 Å². The van der Waals surface area contributed by atoms with Crippen LogP contribution in [0.2, 0.25) is 0 Å². The zero-order valence-corrected chi connectivity index (χ0v) is 17.6. The van der Waals surface area contributed by atoms with Crippen molar-refractivity contribution in [1.29, 1.82) is 0 Å². The lowest BCUT2D eigenvalue weighted by Crippen LogP contribution is -2.24. The van der Waals surface area contributed by atoms with Crippen molar-refractivity contribution >= 4 is 22.6 Å². The lowest BCUT2D eigenvalue weighted by Gasteiger charge is -2.09. The summed E-state index contributed by atoms with van der Waals surface area (Å²) in [7, 11) is 0. The van der Waals surface area contributed by atoms with Crippen molar-refractivity contribution < 1.29 is 9.18 Å². The average Bonchev–Trinajstić information content (AvgIpc) is 2.98. The summed E-state index contributed by atoms with van der Waals surface area (Å²) in [6.45, 7) is 5.89. The van der Waals surface area contributed by atoms with E-state index in [9.17, 15) is 14.0 Å². The predicted octanol–water partition coefficient (Wildman–Crippen LogP) is 4.28. The topological polar surface area (TPSA) is 68.9 Å². The van der Waals surface area contributed by atoms with Gasteiger partial charge in [0, 0.05) is 24.3 Å². The zero-order valence-electron chi connectivity index (χ0n) is 17.6. The van der Waals surface area contributed by atoms with Crippen LogP contribution in [0.5, 0.6) is 0 Å². The number of hydrogen-bond acceptors (Lipinski definition) is 3. The number of nitrogens with one attached hydrogen (secondary N) is 1. The lowest BCUT2D eigenvalue weighted by atomic mass is 10.2. The first-order valence-electron chi connectivity index (χ1n) is 10.0. The highest BCUT2D eigenvalue weighted by Crippen LogP contribution is 2.25. The van der Waals surface area contributed by atoms with E-state index in [2.05, 4.69) is 10.3 Å². The molecule has 4 rings (SSSR count). The smallest absolute Gasteiger partial charge is 0.263 e. The van der Waals surface area contributed by atoms with Gasteiger partial charge in [0.05, 0.1) is 17.4 Å². The summed E-state index contributed by atoms with van der Waals surface area (Å²) in [6, 6.07) is 13.7. The molecule has 0 aliphatic heterocycles. The van der Waals surface area contributed by atoms with Crippen molar-refractivity contribution in [3.63, 3.8) is 0 Å². The van der Waals surface area contributed by atoms with Crippen LogP contribution in [0.15, 0.2) is 59.7 Å². The van der Waals surface area contributed by atoms with Gasteiger partial charge >= 0.3 is 0 Å². The molecule has 31 heavy (non-hydrogen) atoms. The molecule has 0 bridgehead atoms. The number of hydrogen-bond donors (Lipinski definition) is 1. The minimum atomic E-state index is -0.357. The molecule has 4 aromatic rings. The number of carbonyl (C=O) groups excluding carboxylic acids is 1. The second kappa shape index (κ2) is 8.18. The van der Waals surface area contributed by atoms with E-state index in [0.717, 1.165) is 22.5 Å². The summed E-state index contributed by atoms with van der Waals surface area (Å²) in [6.07, 6.45) is 1.59. The minimum Gasteiger partial charge on any atom is -0.326 e. The fraction of sp³-hybridized carbons (Fsp3) is 0.208. The average molecular weight is 418 g/mol. The quantitative estimate of drug-likeness (QED) is 0.526. The van der Waals surface area contributed by atoms with Gasteiger partial charge in [-0.25, -0.2) is 9.37 Å². The van der Waals surface area contributed by atoms with Crippen molar-refractivity contribution in [2.45, 2.75) is 33.7 Å². The maximum atomic E-state index is 13.8. The number of carbonyl (C=O) groups is 1. The van der Waals surface area contributed by atoms with E-state index in [1.165, 1.54) is 23.0 Å². The Morgan fingerprint density at radius 3 is 2.61 bits per heavy atom. The minimum absolute atomic E-state index is 0.143. The van der Waals surface area contributed by atoms with Gasteiger partial charge in [0.25, 0.3) is 5.56 Å². The van der Waals surface area contributed by atoms with Gasteiger partial charge in [-0.1, -0.05) is 18.2 Å². The number of benzene rings is 2. The number of fused-ring (bicyclic) bond motifs is 1. The molecule has 1 amide bonds. The predicted molar refractivity (Wildman–Crippen MR) is 119 cm³/mol. The third-order valence-corrected chi connectivity index (χ3v) is 5.43. The van der Waals surface area contributed by atoms with Gasteiger partial charge in [0.15, 0.2) is 5.65 Å². The number of amides is 1. The first kappa shape index (κ1) is 20.5. The van der Waals surface area contributed by atoms with Crippen molar-refractivity contribution in [3.8, 4) is 5.69 Å². The fourth-order valence-corrected chi connectivity index (χ4v) is 3.74. The van der Waals surface area contributed by atoms with Crippen LogP contribution in [0, 0.1) is 26.6 Å². The van der Waals surface area contributed by atoms with Crippen molar-refractivity contribution in [2.24, 2.45) is 0 Å². The summed E-state index contributed by atoms with van der Waals surface area (Å²) in [5.41, 5.74) is 4.25. The van der Waals surface area contributed by atoms with Crippen LogP contribution >= 0.6 is 0 Å². The third-order valence-electron chi connectivity index (χ3n) is 5.43. The van der Waals surface area contributed by atoms with E-state index in [0.29, 0.717) is 16.7 Å². The third kappa shape index (κ3) is 3.99. The molecule has 0 unspecified atom stereocenters. The van der Waals surface area contributed by atoms with Gasteiger partial charge in [-0.05, 0) is 62.2 Å². The monoisotopic (exact) mass is 418 g/mol. The van der Waals surface area contributed by atoms with E-state index >= 15 is 0 Å². The number of halogens is 1. The van der Waals surface area contributed by atoms with Crippen molar-refractivity contribution in [1.82, 2.24) is 14.1 Å². The first-order chi connectivity index (χ1) is 14.8. The molecule has 0 saturated heterocycles. The van der Waals surface area contributed by atoms with Crippen LogP contribution in [-0.2, 0) is 11.3 Å². The molecule has 0 saturated carbocycles. The second-order valence-corrected chi connectivity index (χ2v) is 7.64. The fourth-order valence-electron chi connectivity index (χ4n) is 3.74. The highest BCUT2D eigenvalue weighted by molar-refractivity contribution is 5.90. The Bertz CT molecular complexity index is 1350. The van der Waals surface area contributed by atoms with Gasteiger partial charge in [-0.15, -0.1) is 0 Å². The summed E-state index contributed by atoms with van der Waals surface area (Å²) >= 11 is 0. The molecule has 0 radical (unpaired) electrons. The largest absolute Gasteiger partial charge is 0.326 e. The highest BCUT2D eigenvalue weighted by atomic mass is 19.1. The molecular weight excluding hydrogens is 395 g/mol. The number of rotatable bonds is 5. The Kier molecular flexibility index (Phi) is 5.42. The van der Waals surface area contributed by atoms with E-state index in [-0.39, 0.29) is 30.2 Å². The number of aromatic nitrogens is 3. The molecule has 2 aromatic heterocycles. The zero-order chi connectivity index (χ0) is 22.1. The summed E-state index contributed by atoms with van der Waals surface area (Å²) in [4.78, 5) is 29.9. The lowest BCUT2D eigenvalue weighted by molar-refractivity contribution is -0.116. The molecule has 2 aromatic carbocycles. The first-order valence-corrected chi connectivity index (χ1v) is 10.0. The molecular formula is C24H23FN4O2. The maximum Gasteiger partial charge on any atom is 0.263 e. The van der Waals surface area contributed by atoms with Crippen LogP contribution in [-0.4, -0.2) is 20.0 Å². The van der Waals surface area contributed by atoms with Gasteiger partial charge in [0.1, 0.15) is 5.82 Å². The van der Waals surface area contributed by atoms with E-state index < -0.39 is 0 Å². The SMILES string of the molecule is Cc1cccc(NC(=O)CCn2cnc3c(c(C)c(C)n3-c3cccc(F)c3)c2=O)c1. The van der Waals surface area contributed by atoms with Gasteiger partial charge < -0.3 is 5.32 Å². The molecule has 1 N–H and O–H groups in total. The van der Waals surface area contributed by atoms with E-state index in [1.807, 2.05) is 45.0 Å². The Balaban J connectivity index is 1.62. The molecule has 7 heteroatoms. The Labute approximate surface area is 179 Å². The Morgan fingerprint density at radius 2 is 1.87 bits per heavy atom. The standard InChI is InChI=1S/C24H23FN4O2/c1-15-6-4-8-19(12-15)27-21(30)10-11-28-14-26-23-22(24(28)31)16(2)17(3)29(23)20-9-5-7-18(25)13-20/h4-9,12-14H,10-11H2,1-3H3,(H,27,30). The highest BCUT2D eigenvalue weighted by Gasteiger charge is 2.18. The molecule has 0 spiro atoms. The van der Waals surface area contributed by atoms with Crippen LogP contribution in [0.1, 0.15) is 23.2 Å². The van der Waals surface area contributed by atoms with E-state index in [1.54, 1.807) is 16.7 Å². The van der Waals surface area contributed by atoms with Gasteiger partial charge in [0.2, 0.25) is 5.91 Å². The Hall–Kier alpha value is -3.74. The van der Waals surface area contributed by atoms with Crippen molar-refractivity contribution in [2.75, 3.05) is 5.32 Å². The summed E-state index contributed by atoms with van der Waals surface area (Å²) in [5, 5.41) is 3.32. The van der Waals surface area contributed by atoms with Crippen LogP contribution < -0.4 is 10.9 Å². The summed E-state index contributed by atoms with van der Waals surface area (Å²) in [5.74, 6) is -0.535. The molecule has 6 nitrogen and oxygen atoms in total. The maximum absolute atomic E-state index is 13.8. The second-order valence-electron chi connectivity index (χ2n) is 7.64. The molecule has 158 valence electrons. The molecule has 0 atom stereocenters. The van der Waals surface area contributed by atoms with Crippen LogP contribution in [0.3, 0.4) is 0 Å². The Morgan fingerprint density at radius 1 is 1.10 bits per heavy atom. The van der Waals surface area contributed by atoms with Gasteiger partial charge in [-0.3, -0.25) is 18.7 Å². The van der Waals surface area contributed by atoms with Crippen molar-refractivity contribution in [3.05, 3.63) is 87.9 Å². The molecule has 0 aliphatic carbocycles. The number of aryl methyl sites for hydroxylation is 3. The molecule has 0 aliphatic rings. The number of anilines is 1. The summed E-state index contributed by atoms with van der Waals surface area (Å²) < 4.78 is 17.0. The van der Waals surface area contributed by atoms with Gasteiger partial charge in [-0.2, -0.15) is 0 Å². The normalized spacial score (nSPS) is 11.1.